The molecule has 0 aromatic carbocycles. The number of thiophene rings is 1. The van der Waals surface area contributed by atoms with Crippen molar-refractivity contribution < 1.29 is 5.11 Å². The molecule has 0 bridgehead atoms. The summed E-state index contributed by atoms with van der Waals surface area (Å²) in [6, 6.07) is 3.95. The first kappa shape index (κ1) is 7.83. The average Bonchev–Trinajstić information content (AvgIpc) is 2.74. The van der Waals surface area contributed by atoms with Crippen LogP contribution in [0.2, 0.25) is 0 Å². The maximum absolute atomic E-state index is 9.64. The van der Waals surface area contributed by atoms with Crippen molar-refractivity contribution in [3.05, 3.63) is 34.8 Å². The van der Waals surface area contributed by atoms with E-state index < -0.39 is 0 Å². The number of hydrogen-bond donors (Lipinski definition) is 1. The van der Waals surface area contributed by atoms with Crippen LogP contribution in [0.25, 0.3) is 0 Å². The summed E-state index contributed by atoms with van der Waals surface area (Å²) in [7, 11) is 0. The summed E-state index contributed by atoms with van der Waals surface area (Å²) < 4.78 is 0. The van der Waals surface area contributed by atoms with E-state index in [1.807, 2.05) is 29.9 Å². The smallest absolute Gasteiger partial charge is 0.0898 e. The third-order valence-corrected chi connectivity index (χ3v) is 2.87. The van der Waals surface area contributed by atoms with Crippen molar-refractivity contribution in [2.24, 2.45) is 0 Å². The molecule has 1 atom stereocenters. The van der Waals surface area contributed by atoms with Gasteiger partial charge in [0, 0.05) is 23.8 Å². The van der Waals surface area contributed by atoms with E-state index >= 15 is 0 Å². The summed E-state index contributed by atoms with van der Waals surface area (Å²) >= 11 is 1.61. The van der Waals surface area contributed by atoms with Crippen LogP contribution in [0.5, 0.6) is 0 Å². The van der Waals surface area contributed by atoms with E-state index in [0.29, 0.717) is 0 Å². The fourth-order valence-corrected chi connectivity index (χ4v) is 1.84. The molecule has 64 valence electrons. The van der Waals surface area contributed by atoms with Crippen molar-refractivity contribution in [3.63, 3.8) is 0 Å². The minimum absolute atomic E-state index is 0.285. The second-order valence-electron chi connectivity index (χ2n) is 2.86. The number of aliphatic hydroxyl groups excluding tert-OH is 1. The van der Waals surface area contributed by atoms with Crippen molar-refractivity contribution in [1.82, 2.24) is 4.90 Å². The molecule has 0 aliphatic carbocycles. The molecule has 0 saturated heterocycles. The van der Waals surface area contributed by atoms with E-state index in [9.17, 15) is 5.11 Å². The standard InChI is InChI=1S/C9H11NOS/c11-8(3-4-10-5-6-10)9-2-1-7-12-9/h1-2,5-8,11H,3-4H2/t8-/m0/s1. The Morgan fingerprint density at radius 1 is 1.50 bits per heavy atom. The Balaban J connectivity index is 1.79. The lowest BCUT2D eigenvalue weighted by molar-refractivity contribution is 0.166. The monoisotopic (exact) mass is 181 g/mol. The first-order chi connectivity index (χ1) is 5.86. The minimum Gasteiger partial charge on any atom is -0.388 e. The number of rotatable bonds is 4. The Morgan fingerprint density at radius 2 is 2.33 bits per heavy atom. The highest BCUT2D eigenvalue weighted by atomic mass is 32.1. The zero-order valence-electron chi connectivity index (χ0n) is 6.68. The molecule has 0 amide bonds. The van der Waals surface area contributed by atoms with Crippen molar-refractivity contribution in [2.75, 3.05) is 6.54 Å². The molecule has 1 N–H and O–H groups in total. The van der Waals surface area contributed by atoms with E-state index in [4.69, 9.17) is 0 Å². The molecule has 1 aliphatic heterocycles. The molecule has 0 radical (unpaired) electrons. The maximum atomic E-state index is 9.64. The second kappa shape index (κ2) is 3.29. The molecule has 12 heavy (non-hydrogen) atoms. The van der Waals surface area contributed by atoms with Crippen LogP contribution < -0.4 is 0 Å². The summed E-state index contributed by atoms with van der Waals surface area (Å²) in [4.78, 5) is 3.15. The summed E-state index contributed by atoms with van der Waals surface area (Å²) in [6.45, 7) is 0.930. The predicted molar refractivity (Wildman–Crippen MR) is 49.7 cm³/mol. The predicted octanol–water partition coefficient (Wildman–Crippen LogP) is 1.96. The molecule has 2 nitrogen and oxygen atoms in total. The van der Waals surface area contributed by atoms with E-state index in [-0.39, 0.29) is 6.10 Å². The van der Waals surface area contributed by atoms with Crippen LogP contribution in [0.3, 0.4) is 0 Å². The van der Waals surface area contributed by atoms with Gasteiger partial charge >= 0.3 is 0 Å². The zero-order valence-corrected chi connectivity index (χ0v) is 7.50. The van der Waals surface area contributed by atoms with E-state index in [2.05, 4.69) is 4.90 Å². The molecule has 3 heteroatoms. The third-order valence-electron chi connectivity index (χ3n) is 1.89. The Hall–Kier alpha value is -0.800. The van der Waals surface area contributed by atoms with E-state index in [1.165, 1.54) is 0 Å². The Morgan fingerprint density at radius 3 is 2.92 bits per heavy atom. The molecule has 2 heterocycles. The van der Waals surface area contributed by atoms with Crippen LogP contribution in [0, 0.1) is 0 Å². The topological polar surface area (TPSA) is 23.2 Å². The highest BCUT2D eigenvalue weighted by Gasteiger charge is 2.11. The van der Waals surface area contributed by atoms with E-state index in [0.717, 1.165) is 17.8 Å². The van der Waals surface area contributed by atoms with Gasteiger partial charge in [0.05, 0.1) is 6.10 Å². The Kier molecular flexibility index (Phi) is 2.15. The summed E-state index contributed by atoms with van der Waals surface area (Å²) in [6.07, 6.45) is 4.56. The molecular formula is C9H11NOS. The largest absolute Gasteiger partial charge is 0.388 e. The van der Waals surface area contributed by atoms with Crippen molar-refractivity contribution >= 4 is 11.3 Å². The van der Waals surface area contributed by atoms with Crippen LogP contribution in [0.15, 0.2) is 29.9 Å². The molecule has 2 rings (SSSR count). The molecule has 0 saturated carbocycles. The normalized spacial score (nSPS) is 16.6. The Bertz CT molecular complexity index is 262. The van der Waals surface area contributed by atoms with Crippen LogP contribution >= 0.6 is 11.3 Å². The van der Waals surface area contributed by atoms with Gasteiger partial charge in [0.15, 0.2) is 0 Å². The highest BCUT2D eigenvalue weighted by Crippen LogP contribution is 2.22. The highest BCUT2D eigenvalue weighted by molar-refractivity contribution is 7.10. The maximum Gasteiger partial charge on any atom is 0.0898 e. The first-order valence-electron chi connectivity index (χ1n) is 4.02. The van der Waals surface area contributed by atoms with Crippen LogP contribution in [-0.2, 0) is 0 Å². The van der Waals surface area contributed by atoms with Crippen LogP contribution in [0.1, 0.15) is 17.4 Å². The molecule has 1 aliphatic rings. The molecule has 1 aromatic rings. The first-order valence-corrected chi connectivity index (χ1v) is 4.90. The number of nitrogens with zero attached hydrogens (tertiary/aromatic N) is 1. The summed E-state index contributed by atoms with van der Waals surface area (Å²) in [5.74, 6) is 0. The fraction of sp³-hybridized carbons (Fsp3) is 0.333. The van der Waals surface area contributed by atoms with Gasteiger partial charge in [0.25, 0.3) is 0 Å². The number of aliphatic hydroxyl groups is 1. The molecular weight excluding hydrogens is 170 g/mol. The van der Waals surface area contributed by atoms with Crippen molar-refractivity contribution in [2.45, 2.75) is 12.5 Å². The van der Waals surface area contributed by atoms with Gasteiger partial charge < -0.3 is 10.0 Å². The Labute approximate surface area is 75.8 Å². The van der Waals surface area contributed by atoms with Gasteiger partial charge in [-0.15, -0.1) is 11.3 Å². The zero-order chi connectivity index (χ0) is 8.39. The van der Waals surface area contributed by atoms with E-state index in [1.54, 1.807) is 11.3 Å². The van der Waals surface area contributed by atoms with Gasteiger partial charge in [-0.3, -0.25) is 0 Å². The number of hydrogen-bond acceptors (Lipinski definition) is 3. The molecule has 0 fully saturated rings. The fourth-order valence-electron chi connectivity index (χ4n) is 1.09. The summed E-state index contributed by atoms with van der Waals surface area (Å²) in [5, 5.41) is 11.6. The lowest BCUT2D eigenvalue weighted by Gasteiger charge is -2.08. The van der Waals surface area contributed by atoms with Crippen molar-refractivity contribution in [3.8, 4) is 0 Å². The summed E-state index contributed by atoms with van der Waals surface area (Å²) in [5.41, 5.74) is 0. The SMILES string of the molecule is O[C@@H](CCN1C=C1)c1cccs1. The second-order valence-corrected chi connectivity index (χ2v) is 3.84. The lowest BCUT2D eigenvalue weighted by Crippen LogP contribution is -2.04. The third kappa shape index (κ3) is 1.87. The average molecular weight is 181 g/mol. The van der Waals surface area contributed by atoms with Gasteiger partial charge in [-0.2, -0.15) is 0 Å². The molecule has 0 spiro atoms. The quantitative estimate of drug-likeness (QED) is 0.767. The van der Waals surface area contributed by atoms with Gasteiger partial charge in [0.1, 0.15) is 0 Å². The molecule has 1 aromatic heterocycles. The van der Waals surface area contributed by atoms with Gasteiger partial charge in [-0.05, 0) is 17.9 Å². The van der Waals surface area contributed by atoms with Crippen LogP contribution in [0.4, 0.5) is 0 Å². The van der Waals surface area contributed by atoms with Crippen molar-refractivity contribution in [1.29, 1.82) is 0 Å². The van der Waals surface area contributed by atoms with Gasteiger partial charge in [-0.25, -0.2) is 0 Å². The van der Waals surface area contributed by atoms with Gasteiger partial charge in [0.2, 0.25) is 0 Å². The molecule has 0 unspecified atom stereocenters. The minimum atomic E-state index is -0.285. The lowest BCUT2D eigenvalue weighted by atomic mass is 10.2. The van der Waals surface area contributed by atoms with Crippen LogP contribution in [-0.4, -0.2) is 16.6 Å². The van der Waals surface area contributed by atoms with Gasteiger partial charge in [-0.1, -0.05) is 6.07 Å².